The predicted molar refractivity (Wildman–Crippen MR) is 194 cm³/mol. The first-order chi connectivity index (χ1) is 21.0. The Labute approximate surface area is 282 Å². The van der Waals surface area contributed by atoms with Crippen molar-refractivity contribution in [3.63, 3.8) is 0 Å². The van der Waals surface area contributed by atoms with E-state index in [2.05, 4.69) is 20.4 Å². The highest BCUT2D eigenvalue weighted by atomic mass is 16.5. The second-order valence-electron chi connectivity index (χ2n) is 10.6. The van der Waals surface area contributed by atoms with Crippen molar-refractivity contribution >= 4 is 40.9 Å². The van der Waals surface area contributed by atoms with Crippen molar-refractivity contribution in [3.05, 3.63) is 42.0 Å². The van der Waals surface area contributed by atoms with Crippen LogP contribution in [0.3, 0.4) is 0 Å². The number of ketones is 1. The van der Waals surface area contributed by atoms with Gasteiger partial charge in [0, 0.05) is 61.0 Å². The van der Waals surface area contributed by atoms with Crippen LogP contribution >= 0.6 is 0 Å². The second kappa shape index (κ2) is 19.0. The molecule has 47 heavy (non-hydrogen) atoms. The number of carbonyl (C=O) groups excluding carboxylic acids is 2. The molecule has 0 saturated carbocycles. The van der Waals surface area contributed by atoms with E-state index in [4.69, 9.17) is 29.2 Å². The Kier molecular flexibility index (Phi) is 16.3. The van der Waals surface area contributed by atoms with E-state index in [-0.39, 0.29) is 42.5 Å². The number of hydrogen-bond donors (Lipinski definition) is 6. The van der Waals surface area contributed by atoms with Gasteiger partial charge < -0.3 is 59.2 Å². The highest BCUT2D eigenvalue weighted by Gasteiger charge is 2.21. The maximum Gasteiger partial charge on any atom is 0.233 e. The zero-order chi connectivity index (χ0) is 30.2. The van der Waals surface area contributed by atoms with Gasteiger partial charge in [0.1, 0.15) is 0 Å². The standard InChI is InChI=1S/C31H39N7O5.4H3N.4H2/c1-41-25-18-23(19-26(42-2)28(25)43-3)32-27(40)20-24(39)21-10-12-22(13-11-21)33-29-34-30(37-14-6-4-7-15-37)36-31(35-29)38-16-8-5-9-17-38;;;;;;;;/h10-13,18-19H,4-9,14-17,20H2,1-3H3,(H,32,40)(H,33,34,35,36);4*1H3;4*1H. The molecule has 0 atom stereocenters. The quantitative estimate of drug-likeness (QED) is 0.0946. The normalized spacial score (nSPS) is 13.8. The van der Waals surface area contributed by atoms with E-state index in [9.17, 15) is 9.59 Å². The molecular weight excluding hydrogens is 606 g/mol. The Bertz CT molecular complexity index is 1390. The van der Waals surface area contributed by atoms with Crippen LogP contribution in [-0.2, 0) is 4.79 Å². The third kappa shape index (κ3) is 10.1. The zero-order valence-electron chi connectivity index (χ0n) is 27.8. The summed E-state index contributed by atoms with van der Waals surface area (Å²) in [6.45, 7) is 3.75. The van der Waals surface area contributed by atoms with Crippen LogP contribution in [0.1, 0.15) is 61.0 Å². The molecule has 5 rings (SSSR count). The summed E-state index contributed by atoms with van der Waals surface area (Å²) in [4.78, 5) is 44.4. The topological polar surface area (TPSA) is 271 Å². The Balaban J connectivity index is -0.00000138. The molecule has 3 aromatic rings. The van der Waals surface area contributed by atoms with Crippen molar-refractivity contribution in [2.24, 2.45) is 0 Å². The molecule has 2 aromatic carbocycles. The summed E-state index contributed by atoms with van der Waals surface area (Å²) >= 11 is 0. The summed E-state index contributed by atoms with van der Waals surface area (Å²) in [5, 5.41) is 6.03. The van der Waals surface area contributed by atoms with Gasteiger partial charge in [0.15, 0.2) is 17.3 Å². The van der Waals surface area contributed by atoms with Crippen molar-refractivity contribution in [2.75, 3.05) is 67.9 Å². The second-order valence-corrected chi connectivity index (χ2v) is 10.6. The predicted octanol–water partition coefficient (Wildman–Crippen LogP) is 6.47. The fraction of sp³-hybridized carbons (Fsp3) is 0.452. The number of benzene rings is 2. The minimum atomic E-state index is -0.456. The molecule has 268 valence electrons. The van der Waals surface area contributed by atoms with Crippen LogP contribution in [0.25, 0.3) is 0 Å². The Hall–Kier alpha value is -4.77. The fourth-order valence-corrected chi connectivity index (χ4v) is 5.36. The van der Waals surface area contributed by atoms with Crippen LogP contribution in [0.15, 0.2) is 36.4 Å². The largest absolute Gasteiger partial charge is 0.493 e. The van der Waals surface area contributed by atoms with E-state index < -0.39 is 5.91 Å². The van der Waals surface area contributed by atoms with Crippen molar-refractivity contribution in [1.82, 2.24) is 39.6 Å². The van der Waals surface area contributed by atoms with Gasteiger partial charge in [0.25, 0.3) is 0 Å². The Morgan fingerprint density at radius 1 is 0.702 bits per heavy atom. The van der Waals surface area contributed by atoms with Crippen molar-refractivity contribution in [3.8, 4) is 17.2 Å². The zero-order valence-corrected chi connectivity index (χ0v) is 27.8. The smallest absolute Gasteiger partial charge is 0.233 e. The Morgan fingerprint density at radius 3 is 1.64 bits per heavy atom. The van der Waals surface area contributed by atoms with Crippen LogP contribution < -0.4 is 59.2 Å². The molecule has 1 amide bonds. The number of aromatic nitrogens is 3. The number of nitrogens with zero attached hydrogens (tertiary/aromatic N) is 5. The summed E-state index contributed by atoms with van der Waals surface area (Å²) < 4.78 is 16.0. The molecule has 14 N–H and O–H groups in total. The lowest BCUT2D eigenvalue weighted by Gasteiger charge is -2.30. The lowest BCUT2D eigenvalue weighted by atomic mass is 10.1. The first kappa shape index (κ1) is 40.3. The molecule has 0 spiro atoms. The van der Waals surface area contributed by atoms with Gasteiger partial charge in [-0.3, -0.25) is 9.59 Å². The molecule has 0 radical (unpaired) electrons. The minimum Gasteiger partial charge on any atom is -0.493 e. The van der Waals surface area contributed by atoms with Gasteiger partial charge in [-0.25, -0.2) is 0 Å². The maximum absolute atomic E-state index is 12.9. The Morgan fingerprint density at radius 2 is 1.19 bits per heavy atom. The van der Waals surface area contributed by atoms with Crippen LogP contribution in [0.2, 0.25) is 0 Å². The third-order valence-electron chi connectivity index (χ3n) is 7.62. The molecular formula is C31H59N11O5. The van der Waals surface area contributed by atoms with Gasteiger partial charge in [0.05, 0.1) is 27.8 Å². The summed E-state index contributed by atoms with van der Waals surface area (Å²) in [6.07, 6.45) is 6.64. The molecule has 2 aliphatic rings. The van der Waals surface area contributed by atoms with Crippen LogP contribution in [0.4, 0.5) is 29.2 Å². The molecule has 0 unspecified atom stereocenters. The average molecular weight is 666 g/mol. The maximum atomic E-state index is 12.9. The van der Waals surface area contributed by atoms with Gasteiger partial charge in [-0.1, -0.05) is 0 Å². The van der Waals surface area contributed by atoms with Crippen LogP contribution in [-0.4, -0.2) is 74.2 Å². The average Bonchev–Trinajstić information content (AvgIpc) is 3.05. The monoisotopic (exact) mass is 665 g/mol. The van der Waals surface area contributed by atoms with Crippen LogP contribution in [0.5, 0.6) is 17.2 Å². The molecule has 16 nitrogen and oxygen atoms in total. The minimum absolute atomic E-state index is 0. The number of amides is 1. The first-order valence-electron chi connectivity index (χ1n) is 14.7. The number of hydrogen-bond acceptors (Lipinski definition) is 15. The lowest BCUT2D eigenvalue weighted by molar-refractivity contribution is -0.115. The molecule has 0 bridgehead atoms. The number of rotatable bonds is 11. The first-order valence-corrected chi connectivity index (χ1v) is 14.7. The van der Waals surface area contributed by atoms with E-state index >= 15 is 0 Å². The number of methoxy groups -OCH3 is 3. The van der Waals surface area contributed by atoms with Gasteiger partial charge in [0.2, 0.25) is 29.5 Å². The molecule has 16 heteroatoms. The van der Waals surface area contributed by atoms with Gasteiger partial charge in [-0.05, 0) is 62.8 Å². The number of anilines is 5. The third-order valence-corrected chi connectivity index (χ3v) is 7.62. The van der Waals surface area contributed by atoms with E-state index in [0.29, 0.717) is 46.3 Å². The molecule has 3 heterocycles. The van der Waals surface area contributed by atoms with E-state index in [1.165, 1.54) is 34.2 Å². The summed E-state index contributed by atoms with van der Waals surface area (Å²) in [5.41, 5.74) is 1.58. The molecule has 1 aromatic heterocycles. The lowest BCUT2D eigenvalue weighted by Crippen LogP contribution is -2.34. The summed E-state index contributed by atoms with van der Waals surface area (Å²) in [5.74, 6) is 2.31. The highest BCUT2D eigenvalue weighted by molar-refractivity contribution is 6.11. The molecule has 2 aliphatic heterocycles. The SMILES string of the molecule is COc1cc(NC(=O)CC(=O)c2ccc(Nc3nc(N4CCCCC4)nc(N4CCCCC4)n3)cc2)cc(OC)c1OC.N.N.N.N.[HH].[HH].[HH].[HH]. The molecule has 2 saturated heterocycles. The summed E-state index contributed by atoms with van der Waals surface area (Å²) in [7, 11) is 4.49. The van der Waals surface area contributed by atoms with Crippen molar-refractivity contribution in [2.45, 2.75) is 44.9 Å². The number of piperidine rings is 2. The van der Waals surface area contributed by atoms with E-state index in [0.717, 1.165) is 57.5 Å². The van der Waals surface area contributed by atoms with Crippen molar-refractivity contribution < 1.29 is 29.5 Å². The van der Waals surface area contributed by atoms with Crippen LogP contribution in [0, 0.1) is 0 Å². The number of nitrogens with one attached hydrogen (secondary N) is 2. The van der Waals surface area contributed by atoms with E-state index in [1.54, 1.807) is 36.4 Å². The number of carbonyl (C=O) groups is 2. The molecule has 0 aliphatic carbocycles. The fourth-order valence-electron chi connectivity index (χ4n) is 5.36. The van der Waals surface area contributed by atoms with Gasteiger partial charge in [-0.15, -0.1) is 0 Å². The van der Waals surface area contributed by atoms with E-state index in [1.807, 2.05) is 0 Å². The highest BCUT2D eigenvalue weighted by Crippen LogP contribution is 2.40. The number of Topliss-reactive ketones (excluding diaryl/α,β-unsaturated/α-hetero) is 1. The number of ether oxygens (including phenoxy) is 3. The summed E-state index contributed by atoms with van der Waals surface area (Å²) in [6, 6.07) is 10.2. The van der Waals surface area contributed by atoms with Gasteiger partial charge >= 0.3 is 0 Å². The van der Waals surface area contributed by atoms with Gasteiger partial charge in [-0.2, -0.15) is 15.0 Å². The van der Waals surface area contributed by atoms with Crippen molar-refractivity contribution in [1.29, 1.82) is 0 Å². The molecule has 2 fully saturated rings.